The lowest BCUT2D eigenvalue weighted by Crippen LogP contribution is -2.25. The summed E-state index contributed by atoms with van der Waals surface area (Å²) in [6.45, 7) is 6.86. The Hall–Kier alpha value is -2.53. The van der Waals surface area contributed by atoms with Gasteiger partial charge in [-0.15, -0.1) is 0 Å². The molecule has 3 rings (SSSR count). The SMILES string of the molecule is COc1ccc(CCNC(=O)c2ccc(Cc3c(C)cc(C)cc3C)o2)cc1Br. The number of benzene rings is 2. The highest BCUT2D eigenvalue weighted by Crippen LogP contribution is 2.25. The Morgan fingerprint density at radius 1 is 1.07 bits per heavy atom. The first-order chi connectivity index (χ1) is 13.9. The van der Waals surface area contributed by atoms with E-state index in [2.05, 4.69) is 54.2 Å². The second-order valence-electron chi connectivity index (χ2n) is 7.29. The van der Waals surface area contributed by atoms with Crippen molar-refractivity contribution >= 4 is 21.8 Å². The monoisotopic (exact) mass is 455 g/mol. The first-order valence-corrected chi connectivity index (χ1v) is 10.4. The number of furan rings is 1. The van der Waals surface area contributed by atoms with Gasteiger partial charge >= 0.3 is 0 Å². The highest BCUT2D eigenvalue weighted by Gasteiger charge is 2.13. The quantitative estimate of drug-likeness (QED) is 0.508. The second kappa shape index (κ2) is 9.31. The molecule has 0 fully saturated rings. The zero-order valence-corrected chi connectivity index (χ0v) is 18.9. The van der Waals surface area contributed by atoms with Gasteiger partial charge in [-0.1, -0.05) is 23.8 Å². The van der Waals surface area contributed by atoms with Gasteiger partial charge in [-0.3, -0.25) is 4.79 Å². The van der Waals surface area contributed by atoms with Crippen molar-refractivity contribution in [3.05, 3.63) is 86.3 Å². The number of methoxy groups -OCH3 is 1. The molecule has 0 spiro atoms. The predicted octanol–water partition coefficient (Wildman–Crippen LogP) is 5.54. The van der Waals surface area contributed by atoms with Crippen LogP contribution in [0, 0.1) is 20.8 Å². The summed E-state index contributed by atoms with van der Waals surface area (Å²) in [5.41, 5.74) is 6.11. The van der Waals surface area contributed by atoms with E-state index < -0.39 is 0 Å². The molecular formula is C24H26BrNO3. The van der Waals surface area contributed by atoms with Gasteiger partial charge < -0.3 is 14.5 Å². The Kier molecular flexibility index (Phi) is 6.80. The van der Waals surface area contributed by atoms with Crippen molar-refractivity contribution in [3.8, 4) is 5.75 Å². The summed E-state index contributed by atoms with van der Waals surface area (Å²) in [4.78, 5) is 12.4. The van der Waals surface area contributed by atoms with Crippen LogP contribution in [0.1, 0.15) is 44.1 Å². The minimum Gasteiger partial charge on any atom is -0.496 e. The molecule has 0 aliphatic heterocycles. The first-order valence-electron chi connectivity index (χ1n) is 9.63. The third kappa shape index (κ3) is 5.30. The fourth-order valence-electron chi connectivity index (χ4n) is 3.53. The molecule has 0 radical (unpaired) electrons. The van der Waals surface area contributed by atoms with Crippen molar-refractivity contribution in [1.82, 2.24) is 5.32 Å². The smallest absolute Gasteiger partial charge is 0.287 e. The van der Waals surface area contributed by atoms with Gasteiger partial charge in [0.2, 0.25) is 0 Å². The molecule has 0 aliphatic carbocycles. The Labute approximate surface area is 180 Å². The van der Waals surface area contributed by atoms with E-state index in [-0.39, 0.29) is 5.91 Å². The number of carbonyl (C=O) groups excluding carboxylic acids is 1. The van der Waals surface area contributed by atoms with Crippen LogP contribution in [-0.2, 0) is 12.8 Å². The van der Waals surface area contributed by atoms with Gasteiger partial charge in [0, 0.05) is 13.0 Å². The maximum absolute atomic E-state index is 12.4. The van der Waals surface area contributed by atoms with Crippen LogP contribution in [0.3, 0.4) is 0 Å². The van der Waals surface area contributed by atoms with Crippen molar-refractivity contribution in [2.24, 2.45) is 0 Å². The normalized spacial score (nSPS) is 10.8. The van der Waals surface area contributed by atoms with E-state index in [1.165, 1.54) is 22.3 Å². The van der Waals surface area contributed by atoms with Crippen LogP contribution in [0.25, 0.3) is 0 Å². The zero-order valence-electron chi connectivity index (χ0n) is 17.3. The summed E-state index contributed by atoms with van der Waals surface area (Å²) >= 11 is 3.48. The van der Waals surface area contributed by atoms with Gasteiger partial charge in [0.15, 0.2) is 5.76 Å². The van der Waals surface area contributed by atoms with Gasteiger partial charge in [0.05, 0.1) is 11.6 Å². The van der Waals surface area contributed by atoms with E-state index in [1.54, 1.807) is 13.2 Å². The summed E-state index contributed by atoms with van der Waals surface area (Å²) in [5, 5.41) is 2.92. The molecule has 0 unspecified atom stereocenters. The molecule has 0 atom stereocenters. The van der Waals surface area contributed by atoms with Gasteiger partial charge in [-0.2, -0.15) is 0 Å². The minimum absolute atomic E-state index is 0.193. The van der Waals surface area contributed by atoms with E-state index in [1.807, 2.05) is 24.3 Å². The predicted molar refractivity (Wildman–Crippen MR) is 119 cm³/mol. The molecule has 5 heteroatoms. The lowest BCUT2D eigenvalue weighted by molar-refractivity contribution is 0.0925. The molecule has 29 heavy (non-hydrogen) atoms. The van der Waals surface area contributed by atoms with E-state index in [0.717, 1.165) is 28.0 Å². The molecule has 1 N–H and O–H groups in total. The Morgan fingerprint density at radius 3 is 2.45 bits per heavy atom. The molecule has 1 heterocycles. The Balaban J connectivity index is 1.58. The highest BCUT2D eigenvalue weighted by atomic mass is 79.9. The lowest BCUT2D eigenvalue weighted by Gasteiger charge is -2.10. The standard InChI is InChI=1S/C24H26BrNO3/c1-15-11-16(2)20(17(3)12-15)14-19-6-8-23(29-19)24(27)26-10-9-18-5-7-22(28-4)21(25)13-18/h5-8,11-13H,9-10,14H2,1-4H3,(H,26,27). The number of halogens is 1. The van der Waals surface area contributed by atoms with Crippen molar-refractivity contribution in [3.63, 3.8) is 0 Å². The third-order valence-corrected chi connectivity index (χ3v) is 5.61. The molecule has 1 amide bonds. The summed E-state index contributed by atoms with van der Waals surface area (Å²) in [6, 6.07) is 13.9. The zero-order chi connectivity index (χ0) is 21.0. The topological polar surface area (TPSA) is 51.5 Å². The summed E-state index contributed by atoms with van der Waals surface area (Å²) in [7, 11) is 1.64. The summed E-state index contributed by atoms with van der Waals surface area (Å²) in [6.07, 6.45) is 1.41. The van der Waals surface area contributed by atoms with Crippen molar-refractivity contribution in [1.29, 1.82) is 0 Å². The molecule has 0 aliphatic rings. The molecule has 4 nitrogen and oxygen atoms in total. The average Bonchev–Trinajstić information content (AvgIpc) is 3.13. The number of ether oxygens (including phenoxy) is 1. The fourth-order valence-corrected chi connectivity index (χ4v) is 4.12. The van der Waals surface area contributed by atoms with E-state index in [9.17, 15) is 4.79 Å². The van der Waals surface area contributed by atoms with Crippen LogP contribution in [0.15, 0.2) is 51.4 Å². The van der Waals surface area contributed by atoms with Crippen molar-refractivity contribution in [2.75, 3.05) is 13.7 Å². The number of hydrogen-bond donors (Lipinski definition) is 1. The molecule has 152 valence electrons. The number of carbonyl (C=O) groups is 1. The van der Waals surface area contributed by atoms with Crippen LogP contribution in [0.2, 0.25) is 0 Å². The fraction of sp³-hybridized carbons (Fsp3) is 0.292. The van der Waals surface area contributed by atoms with E-state index in [4.69, 9.17) is 9.15 Å². The van der Waals surface area contributed by atoms with Gasteiger partial charge in [0.25, 0.3) is 5.91 Å². The molecule has 0 saturated heterocycles. The number of aryl methyl sites for hydroxylation is 3. The third-order valence-electron chi connectivity index (χ3n) is 4.99. The average molecular weight is 456 g/mol. The first kappa shape index (κ1) is 21.2. The summed E-state index contributed by atoms with van der Waals surface area (Å²) in [5.74, 6) is 1.74. The van der Waals surface area contributed by atoms with Gasteiger partial charge in [0.1, 0.15) is 11.5 Å². The summed E-state index contributed by atoms with van der Waals surface area (Å²) < 4.78 is 11.9. The highest BCUT2D eigenvalue weighted by molar-refractivity contribution is 9.10. The maximum atomic E-state index is 12.4. The number of rotatable bonds is 7. The molecule has 0 saturated carbocycles. The van der Waals surface area contributed by atoms with Crippen LogP contribution >= 0.6 is 15.9 Å². The van der Waals surface area contributed by atoms with Crippen LogP contribution in [0.5, 0.6) is 5.75 Å². The van der Waals surface area contributed by atoms with Gasteiger partial charge in [-0.25, -0.2) is 0 Å². The van der Waals surface area contributed by atoms with Crippen LogP contribution in [0.4, 0.5) is 0 Å². The largest absolute Gasteiger partial charge is 0.496 e. The molecule has 3 aromatic rings. The Morgan fingerprint density at radius 2 is 1.79 bits per heavy atom. The minimum atomic E-state index is -0.193. The maximum Gasteiger partial charge on any atom is 0.287 e. The lowest BCUT2D eigenvalue weighted by atomic mass is 9.97. The number of amides is 1. The van der Waals surface area contributed by atoms with Crippen molar-refractivity contribution < 1.29 is 13.9 Å². The number of hydrogen-bond acceptors (Lipinski definition) is 3. The molecule has 1 aromatic heterocycles. The van der Waals surface area contributed by atoms with Crippen molar-refractivity contribution in [2.45, 2.75) is 33.6 Å². The number of nitrogens with one attached hydrogen (secondary N) is 1. The molecule has 2 aromatic carbocycles. The van der Waals surface area contributed by atoms with Crippen LogP contribution < -0.4 is 10.1 Å². The second-order valence-corrected chi connectivity index (χ2v) is 8.15. The van der Waals surface area contributed by atoms with Gasteiger partial charge in [-0.05, 0) is 89.6 Å². The Bertz CT molecular complexity index is 1000. The van der Waals surface area contributed by atoms with E-state index >= 15 is 0 Å². The molecule has 0 bridgehead atoms. The van der Waals surface area contributed by atoms with E-state index in [0.29, 0.717) is 18.7 Å². The van der Waals surface area contributed by atoms with Crippen LogP contribution in [-0.4, -0.2) is 19.6 Å². The molecular weight excluding hydrogens is 430 g/mol.